The van der Waals surface area contributed by atoms with Gasteiger partial charge in [-0.1, -0.05) is 18.2 Å². The molecule has 2 heterocycles. The third-order valence-corrected chi connectivity index (χ3v) is 4.33. The molecule has 9 nitrogen and oxygen atoms in total. The lowest BCUT2D eigenvalue weighted by molar-refractivity contribution is -0.119. The summed E-state index contributed by atoms with van der Waals surface area (Å²) in [5.41, 5.74) is 1.70. The summed E-state index contributed by atoms with van der Waals surface area (Å²) < 4.78 is 16.3. The van der Waals surface area contributed by atoms with Crippen molar-refractivity contribution in [1.29, 1.82) is 0 Å². The number of nitrogens with one attached hydrogen (secondary N) is 1. The van der Waals surface area contributed by atoms with Crippen molar-refractivity contribution in [2.75, 3.05) is 25.1 Å². The minimum Gasteiger partial charge on any atom is -0.490 e. The average Bonchev–Trinajstić information content (AvgIpc) is 3.00. The Labute approximate surface area is 172 Å². The van der Waals surface area contributed by atoms with E-state index in [2.05, 4.69) is 15.5 Å². The number of rotatable bonds is 5. The zero-order valence-corrected chi connectivity index (χ0v) is 16.3. The van der Waals surface area contributed by atoms with Crippen molar-refractivity contribution in [2.45, 2.75) is 13.3 Å². The molecule has 0 saturated carbocycles. The Bertz CT molecular complexity index is 1060. The predicted molar refractivity (Wildman–Crippen MR) is 107 cm³/mol. The molecule has 1 amide bonds. The standard InChI is InChI=1S/C21H20N4O5/c1-14-20(24-25(23-14)16-6-3-2-4-7-16)21(27)30-13-19(26)22-15-8-9-17-18(12-15)29-11-5-10-28-17/h2-4,6-9,12H,5,10-11,13H2,1H3,(H,22,26). The molecule has 1 aliphatic heterocycles. The number of nitrogens with zero attached hydrogens (tertiary/aromatic N) is 3. The molecule has 2 aromatic carbocycles. The van der Waals surface area contributed by atoms with Gasteiger partial charge in [0.2, 0.25) is 0 Å². The van der Waals surface area contributed by atoms with Crippen molar-refractivity contribution < 1.29 is 23.8 Å². The van der Waals surface area contributed by atoms with E-state index in [9.17, 15) is 9.59 Å². The van der Waals surface area contributed by atoms with Crippen LogP contribution in [0.5, 0.6) is 11.5 Å². The zero-order chi connectivity index (χ0) is 20.9. The van der Waals surface area contributed by atoms with Crippen LogP contribution >= 0.6 is 0 Å². The molecular weight excluding hydrogens is 388 g/mol. The van der Waals surface area contributed by atoms with E-state index in [-0.39, 0.29) is 5.69 Å². The van der Waals surface area contributed by atoms with Crippen molar-refractivity contribution >= 4 is 17.6 Å². The van der Waals surface area contributed by atoms with Crippen LogP contribution in [0.2, 0.25) is 0 Å². The van der Waals surface area contributed by atoms with Crippen LogP contribution < -0.4 is 14.8 Å². The number of esters is 1. The molecule has 0 spiro atoms. The summed E-state index contributed by atoms with van der Waals surface area (Å²) in [5, 5.41) is 11.1. The number of benzene rings is 2. The molecule has 0 bridgehead atoms. The molecule has 4 rings (SSSR count). The van der Waals surface area contributed by atoms with Gasteiger partial charge in [0.1, 0.15) is 0 Å². The number of fused-ring (bicyclic) bond motifs is 1. The summed E-state index contributed by atoms with van der Waals surface area (Å²) in [4.78, 5) is 25.9. The van der Waals surface area contributed by atoms with Gasteiger partial charge in [-0.05, 0) is 31.2 Å². The minimum atomic E-state index is -0.719. The largest absolute Gasteiger partial charge is 0.490 e. The van der Waals surface area contributed by atoms with Crippen LogP contribution in [-0.2, 0) is 9.53 Å². The first kappa shape index (κ1) is 19.4. The van der Waals surface area contributed by atoms with E-state index >= 15 is 0 Å². The Kier molecular flexibility index (Phi) is 5.60. The van der Waals surface area contributed by atoms with E-state index in [0.717, 1.165) is 6.42 Å². The average molecular weight is 408 g/mol. The van der Waals surface area contributed by atoms with E-state index < -0.39 is 18.5 Å². The fraction of sp³-hybridized carbons (Fsp3) is 0.238. The maximum absolute atomic E-state index is 12.3. The first-order valence-electron chi connectivity index (χ1n) is 9.46. The van der Waals surface area contributed by atoms with E-state index in [1.165, 1.54) is 4.80 Å². The number of para-hydroxylation sites is 1. The Balaban J connectivity index is 1.36. The molecule has 0 fully saturated rings. The number of hydrogen-bond donors (Lipinski definition) is 1. The normalized spacial score (nSPS) is 12.7. The highest BCUT2D eigenvalue weighted by atomic mass is 16.5. The fourth-order valence-corrected chi connectivity index (χ4v) is 2.88. The Hall–Kier alpha value is -3.88. The third-order valence-electron chi connectivity index (χ3n) is 4.33. The van der Waals surface area contributed by atoms with Gasteiger partial charge in [0.15, 0.2) is 23.8 Å². The third kappa shape index (κ3) is 4.40. The zero-order valence-electron chi connectivity index (χ0n) is 16.3. The van der Waals surface area contributed by atoms with Gasteiger partial charge in [0, 0.05) is 18.2 Å². The number of carbonyl (C=O) groups excluding carboxylic acids is 2. The topological polar surface area (TPSA) is 105 Å². The van der Waals surface area contributed by atoms with Crippen molar-refractivity contribution in [3.05, 3.63) is 59.9 Å². The first-order valence-corrected chi connectivity index (χ1v) is 9.46. The Morgan fingerprint density at radius 1 is 1.07 bits per heavy atom. The van der Waals surface area contributed by atoms with Crippen molar-refractivity contribution in [3.63, 3.8) is 0 Å². The monoisotopic (exact) mass is 408 g/mol. The molecule has 154 valence electrons. The maximum Gasteiger partial charge on any atom is 0.361 e. The van der Waals surface area contributed by atoms with E-state index in [4.69, 9.17) is 14.2 Å². The quantitative estimate of drug-likeness (QED) is 0.647. The lowest BCUT2D eigenvalue weighted by atomic mass is 10.2. The predicted octanol–water partition coefficient (Wildman–Crippen LogP) is 2.53. The highest BCUT2D eigenvalue weighted by Crippen LogP contribution is 2.32. The number of ether oxygens (including phenoxy) is 3. The van der Waals surface area contributed by atoms with Gasteiger partial charge in [0.05, 0.1) is 24.6 Å². The summed E-state index contributed by atoms with van der Waals surface area (Å²) in [6.45, 7) is 2.33. The summed E-state index contributed by atoms with van der Waals surface area (Å²) in [6, 6.07) is 14.3. The molecular formula is C21H20N4O5. The second-order valence-electron chi connectivity index (χ2n) is 6.60. The van der Waals surface area contributed by atoms with Crippen LogP contribution in [0.15, 0.2) is 48.5 Å². The number of aromatic nitrogens is 3. The highest BCUT2D eigenvalue weighted by molar-refractivity contribution is 5.95. The van der Waals surface area contributed by atoms with Crippen LogP contribution in [0.3, 0.4) is 0 Å². The number of aryl methyl sites for hydroxylation is 1. The lowest BCUT2D eigenvalue weighted by Gasteiger charge is -2.10. The summed E-state index contributed by atoms with van der Waals surface area (Å²) >= 11 is 0. The van der Waals surface area contributed by atoms with Crippen molar-refractivity contribution in [3.8, 4) is 17.2 Å². The van der Waals surface area contributed by atoms with Crippen LogP contribution in [0, 0.1) is 6.92 Å². The maximum atomic E-state index is 12.3. The van der Waals surface area contributed by atoms with Crippen molar-refractivity contribution in [1.82, 2.24) is 15.0 Å². The van der Waals surface area contributed by atoms with E-state index in [0.29, 0.717) is 41.8 Å². The molecule has 3 aromatic rings. The number of amides is 1. The molecule has 0 aliphatic carbocycles. The van der Waals surface area contributed by atoms with Gasteiger partial charge >= 0.3 is 5.97 Å². The summed E-state index contributed by atoms with van der Waals surface area (Å²) in [7, 11) is 0. The number of hydrogen-bond acceptors (Lipinski definition) is 7. The molecule has 1 aromatic heterocycles. The van der Waals surface area contributed by atoms with Gasteiger partial charge < -0.3 is 19.5 Å². The molecule has 1 N–H and O–H groups in total. The lowest BCUT2D eigenvalue weighted by Crippen LogP contribution is -2.21. The van der Waals surface area contributed by atoms with E-state index in [1.54, 1.807) is 25.1 Å². The molecule has 1 aliphatic rings. The van der Waals surface area contributed by atoms with Crippen LogP contribution in [0.4, 0.5) is 5.69 Å². The van der Waals surface area contributed by atoms with Crippen LogP contribution in [0.25, 0.3) is 5.69 Å². The van der Waals surface area contributed by atoms with Gasteiger partial charge in [-0.2, -0.15) is 9.90 Å². The highest BCUT2D eigenvalue weighted by Gasteiger charge is 2.19. The Morgan fingerprint density at radius 3 is 2.63 bits per heavy atom. The van der Waals surface area contributed by atoms with Gasteiger partial charge in [-0.3, -0.25) is 4.79 Å². The van der Waals surface area contributed by atoms with Gasteiger partial charge in [0.25, 0.3) is 5.91 Å². The molecule has 30 heavy (non-hydrogen) atoms. The van der Waals surface area contributed by atoms with Crippen LogP contribution in [0.1, 0.15) is 22.6 Å². The first-order chi connectivity index (χ1) is 14.6. The number of anilines is 1. The second kappa shape index (κ2) is 8.64. The van der Waals surface area contributed by atoms with E-state index in [1.807, 2.05) is 30.3 Å². The fourth-order valence-electron chi connectivity index (χ4n) is 2.88. The Morgan fingerprint density at radius 2 is 1.83 bits per heavy atom. The molecule has 0 atom stereocenters. The van der Waals surface area contributed by atoms with Crippen LogP contribution in [-0.4, -0.2) is 46.7 Å². The second-order valence-corrected chi connectivity index (χ2v) is 6.60. The molecule has 0 radical (unpaired) electrons. The molecule has 0 saturated heterocycles. The SMILES string of the molecule is Cc1nn(-c2ccccc2)nc1C(=O)OCC(=O)Nc1ccc2c(c1)OCCCO2. The van der Waals surface area contributed by atoms with Crippen molar-refractivity contribution in [2.24, 2.45) is 0 Å². The van der Waals surface area contributed by atoms with Gasteiger partial charge in [-0.15, -0.1) is 5.10 Å². The smallest absolute Gasteiger partial charge is 0.361 e. The number of carbonyl (C=O) groups is 2. The minimum absolute atomic E-state index is 0.0576. The van der Waals surface area contributed by atoms with Gasteiger partial charge in [-0.25, -0.2) is 4.79 Å². The summed E-state index contributed by atoms with van der Waals surface area (Å²) in [6.07, 6.45) is 0.792. The molecule has 9 heteroatoms. The summed E-state index contributed by atoms with van der Waals surface area (Å²) in [5.74, 6) is -0.00112. The molecule has 0 unspecified atom stereocenters.